The zero-order chi connectivity index (χ0) is 22.1. The van der Waals surface area contributed by atoms with Crippen molar-refractivity contribution >= 4 is 16.9 Å². The number of nitrogens with zero attached hydrogens (tertiary/aromatic N) is 2. The molecule has 5 heteroatoms. The Balaban J connectivity index is 1.51. The van der Waals surface area contributed by atoms with Crippen molar-refractivity contribution in [1.29, 1.82) is 0 Å². The number of carbonyl (C=O) groups excluding carboxylic acids is 1. The number of hydrogen-bond acceptors (Lipinski definition) is 3. The first kappa shape index (κ1) is 22.9. The lowest BCUT2D eigenvalue weighted by Crippen LogP contribution is -2.20. The van der Waals surface area contributed by atoms with Crippen molar-refractivity contribution in [2.24, 2.45) is 0 Å². The fraction of sp³-hybridized carbons (Fsp3) is 0.462. The van der Waals surface area contributed by atoms with Gasteiger partial charge < -0.3 is 14.6 Å². The number of carbonyl (C=O) groups is 1. The third-order valence-electron chi connectivity index (χ3n) is 5.56. The number of fused-ring (bicyclic) bond motifs is 1. The molecule has 0 saturated heterocycles. The molecule has 166 valence electrons. The Morgan fingerprint density at radius 3 is 2.71 bits per heavy atom. The van der Waals surface area contributed by atoms with Crippen molar-refractivity contribution < 1.29 is 9.53 Å². The second kappa shape index (κ2) is 11.5. The first-order valence-corrected chi connectivity index (χ1v) is 11.4. The van der Waals surface area contributed by atoms with E-state index in [0.717, 1.165) is 75.3 Å². The Morgan fingerprint density at radius 1 is 1.03 bits per heavy atom. The second-order valence-corrected chi connectivity index (χ2v) is 8.29. The number of ether oxygens (including phenoxy) is 1. The van der Waals surface area contributed by atoms with Crippen LogP contribution in [-0.2, 0) is 17.8 Å². The van der Waals surface area contributed by atoms with Crippen LogP contribution in [0.15, 0.2) is 42.5 Å². The maximum absolute atomic E-state index is 11.0. The molecule has 0 unspecified atom stereocenters. The fourth-order valence-corrected chi connectivity index (χ4v) is 3.83. The molecule has 1 heterocycles. The van der Waals surface area contributed by atoms with Gasteiger partial charge in [-0.15, -0.1) is 0 Å². The van der Waals surface area contributed by atoms with Crippen LogP contribution in [0.3, 0.4) is 0 Å². The van der Waals surface area contributed by atoms with Gasteiger partial charge in [-0.05, 0) is 68.9 Å². The van der Waals surface area contributed by atoms with Crippen molar-refractivity contribution in [3.63, 3.8) is 0 Å². The Labute approximate surface area is 185 Å². The van der Waals surface area contributed by atoms with E-state index in [1.165, 1.54) is 16.6 Å². The average Bonchev–Trinajstić information content (AvgIpc) is 3.10. The molecule has 0 saturated carbocycles. The van der Waals surface area contributed by atoms with Gasteiger partial charge in [0, 0.05) is 26.4 Å². The molecule has 0 bridgehead atoms. The minimum atomic E-state index is 0.0448. The molecule has 3 aromatic rings. The molecule has 0 radical (unpaired) electrons. The zero-order valence-electron chi connectivity index (χ0n) is 19.1. The van der Waals surface area contributed by atoms with E-state index in [9.17, 15) is 4.79 Å². The lowest BCUT2D eigenvalue weighted by atomic mass is 10.1. The maximum Gasteiger partial charge on any atom is 0.216 e. The van der Waals surface area contributed by atoms with Crippen molar-refractivity contribution in [3.05, 3.63) is 59.4 Å². The van der Waals surface area contributed by atoms with E-state index >= 15 is 0 Å². The number of aromatic nitrogens is 2. The largest absolute Gasteiger partial charge is 0.493 e. The van der Waals surface area contributed by atoms with Gasteiger partial charge in [0.25, 0.3) is 0 Å². The molecule has 2 aromatic carbocycles. The highest BCUT2D eigenvalue weighted by atomic mass is 16.5. The first-order chi connectivity index (χ1) is 15.0. The quantitative estimate of drug-likeness (QED) is 0.401. The second-order valence-electron chi connectivity index (χ2n) is 8.29. The van der Waals surface area contributed by atoms with Crippen LogP contribution in [0.5, 0.6) is 5.75 Å². The predicted octanol–water partition coefficient (Wildman–Crippen LogP) is 5.36. The number of benzene rings is 2. The summed E-state index contributed by atoms with van der Waals surface area (Å²) >= 11 is 0. The minimum Gasteiger partial charge on any atom is -0.493 e. The number of nitrogens with one attached hydrogen (secondary N) is 1. The van der Waals surface area contributed by atoms with Crippen LogP contribution < -0.4 is 10.1 Å². The third kappa shape index (κ3) is 6.84. The van der Waals surface area contributed by atoms with Crippen molar-refractivity contribution in [2.75, 3.05) is 13.2 Å². The lowest BCUT2D eigenvalue weighted by Gasteiger charge is -2.12. The fourth-order valence-electron chi connectivity index (χ4n) is 3.83. The van der Waals surface area contributed by atoms with Crippen LogP contribution in [-0.4, -0.2) is 28.6 Å². The molecular weight excluding hydrogens is 386 g/mol. The molecule has 31 heavy (non-hydrogen) atoms. The van der Waals surface area contributed by atoms with Gasteiger partial charge in [0.05, 0.1) is 17.6 Å². The van der Waals surface area contributed by atoms with Crippen LogP contribution in [0.25, 0.3) is 11.0 Å². The Kier molecular flexibility index (Phi) is 8.51. The number of hydrogen-bond donors (Lipinski definition) is 1. The van der Waals surface area contributed by atoms with Gasteiger partial charge in [0.1, 0.15) is 11.6 Å². The molecular formula is C26H35N3O2. The predicted molar refractivity (Wildman–Crippen MR) is 127 cm³/mol. The smallest absolute Gasteiger partial charge is 0.216 e. The van der Waals surface area contributed by atoms with Crippen LogP contribution in [0, 0.1) is 13.8 Å². The Morgan fingerprint density at radius 2 is 1.87 bits per heavy atom. The van der Waals surface area contributed by atoms with Crippen molar-refractivity contribution in [1.82, 2.24) is 14.9 Å². The molecule has 0 aliphatic carbocycles. The van der Waals surface area contributed by atoms with E-state index in [1.807, 2.05) is 0 Å². The highest BCUT2D eigenvalue weighted by Gasteiger charge is 2.10. The van der Waals surface area contributed by atoms with Crippen molar-refractivity contribution in [2.45, 2.75) is 65.8 Å². The Bertz CT molecular complexity index is 993. The molecule has 0 fully saturated rings. The third-order valence-corrected chi connectivity index (χ3v) is 5.56. The maximum atomic E-state index is 11.0. The number of para-hydroxylation sites is 2. The summed E-state index contributed by atoms with van der Waals surface area (Å²) in [5.74, 6) is 2.20. The SMILES string of the molecule is CC(=O)NCCCCCc1nc2ccccc2n1CCCCOc1cc(C)ccc1C. The van der Waals surface area contributed by atoms with Gasteiger partial charge in [-0.3, -0.25) is 4.79 Å². The summed E-state index contributed by atoms with van der Waals surface area (Å²) < 4.78 is 8.40. The summed E-state index contributed by atoms with van der Waals surface area (Å²) in [7, 11) is 0. The molecule has 0 atom stereocenters. The van der Waals surface area contributed by atoms with E-state index < -0.39 is 0 Å². The van der Waals surface area contributed by atoms with Crippen molar-refractivity contribution in [3.8, 4) is 5.75 Å². The molecule has 1 N–H and O–H groups in total. The van der Waals surface area contributed by atoms with Gasteiger partial charge in [-0.2, -0.15) is 0 Å². The summed E-state index contributed by atoms with van der Waals surface area (Å²) in [6.07, 6.45) is 6.21. The van der Waals surface area contributed by atoms with E-state index in [0.29, 0.717) is 0 Å². The van der Waals surface area contributed by atoms with Crippen LogP contribution in [0.4, 0.5) is 0 Å². The topological polar surface area (TPSA) is 56.2 Å². The van der Waals surface area contributed by atoms with Gasteiger partial charge in [0.15, 0.2) is 0 Å². The first-order valence-electron chi connectivity index (χ1n) is 11.4. The summed E-state index contributed by atoms with van der Waals surface area (Å²) in [4.78, 5) is 15.9. The highest BCUT2D eigenvalue weighted by Crippen LogP contribution is 2.21. The van der Waals surface area contributed by atoms with E-state index in [2.05, 4.69) is 66.2 Å². The Hall–Kier alpha value is -2.82. The number of amides is 1. The van der Waals surface area contributed by atoms with Gasteiger partial charge >= 0.3 is 0 Å². The number of imidazole rings is 1. The molecule has 1 amide bonds. The van der Waals surface area contributed by atoms with Crippen LogP contribution >= 0.6 is 0 Å². The summed E-state index contributed by atoms with van der Waals surface area (Å²) in [5, 5.41) is 2.86. The van der Waals surface area contributed by atoms with Gasteiger partial charge in [0.2, 0.25) is 5.91 Å². The molecule has 3 rings (SSSR count). The molecule has 0 spiro atoms. The molecule has 5 nitrogen and oxygen atoms in total. The number of unbranched alkanes of at least 4 members (excludes halogenated alkanes) is 3. The van der Waals surface area contributed by atoms with Crippen LogP contribution in [0.1, 0.15) is 56.0 Å². The monoisotopic (exact) mass is 421 g/mol. The summed E-state index contributed by atoms with van der Waals surface area (Å²) in [6.45, 7) is 8.20. The van der Waals surface area contributed by atoms with Crippen LogP contribution in [0.2, 0.25) is 0 Å². The number of rotatable bonds is 12. The molecule has 1 aromatic heterocycles. The van der Waals surface area contributed by atoms with Gasteiger partial charge in [-0.25, -0.2) is 4.98 Å². The van der Waals surface area contributed by atoms with Gasteiger partial charge in [-0.1, -0.05) is 30.7 Å². The van der Waals surface area contributed by atoms with E-state index in [1.54, 1.807) is 6.92 Å². The normalized spacial score (nSPS) is 11.1. The summed E-state index contributed by atoms with van der Waals surface area (Å²) in [6, 6.07) is 14.7. The van der Waals surface area contributed by atoms with E-state index in [4.69, 9.17) is 9.72 Å². The molecule has 0 aliphatic rings. The highest BCUT2D eigenvalue weighted by molar-refractivity contribution is 5.75. The summed E-state index contributed by atoms with van der Waals surface area (Å²) in [5.41, 5.74) is 4.70. The zero-order valence-corrected chi connectivity index (χ0v) is 19.1. The standard InChI is InChI=1S/C26H35N3O2/c1-20-14-15-21(2)25(19-20)31-18-10-9-17-29-24-12-7-6-11-23(24)28-26(29)13-5-4-8-16-27-22(3)30/h6-7,11-12,14-15,19H,4-5,8-10,13,16-18H2,1-3H3,(H,27,30). The minimum absolute atomic E-state index is 0.0448. The average molecular weight is 422 g/mol. The molecule has 0 aliphatic heterocycles. The van der Waals surface area contributed by atoms with E-state index in [-0.39, 0.29) is 5.91 Å². The lowest BCUT2D eigenvalue weighted by molar-refractivity contribution is -0.118. The number of aryl methyl sites for hydroxylation is 4.